The number of hydrogen-bond acceptors (Lipinski definition) is 4. The molecular weight excluding hydrogens is 146 g/mol. The third kappa shape index (κ3) is 6.25. The van der Waals surface area contributed by atoms with E-state index in [1.54, 1.807) is 14.2 Å². The van der Waals surface area contributed by atoms with E-state index in [-0.39, 0.29) is 12.6 Å². The lowest BCUT2D eigenvalue weighted by Gasteiger charge is -2.12. The second kappa shape index (κ2) is 7.94. The molecule has 2 N–H and O–H groups in total. The first kappa shape index (κ1) is 10.8. The molecule has 1 unspecified atom stereocenters. The van der Waals surface area contributed by atoms with Gasteiger partial charge in [-0.3, -0.25) is 0 Å². The number of rotatable bonds is 7. The van der Waals surface area contributed by atoms with Gasteiger partial charge in [0.25, 0.3) is 0 Å². The van der Waals surface area contributed by atoms with Crippen molar-refractivity contribution in [2.75, 3.05) is 40.6 Å². The third-order valence-electron chi connectivity index (χ3n) is 1.38. The maximum Gasteiger partial charge on any atom is 0.0701 e. The smallest absolute Gasteiger partial charge is 0.0701 e. The Morgan fingerprint density at radius 1 is 1.45 bits per heavy atom. The highest BCUT2D eigenvalue weighted by Gasteiger charge is 2.02. The summed E-state index contributed by atoms with van der Waals surface area (Å²) in [5.41, 5.74) is 0. The highest BCUT2D eigenvalue weighted by molar-refractivity contribution is 4.59. The highest BCUT2D eigenvalue weighted by Crippen LogP contribution is 1.83. The number of likely N-dealkylation sites (N-methyl/N-ethyl adjacent to an activating group) is 1. The van der Waals surface area contributed by atoms with Crippen molar-refractivity contribution in [1.82, 2.24) is 5.32 Å². The van der Waals surface area contributed by atoms with Crippen molar-refractivity contribution in [3.8, 4) is 0 Å². The summed E-state index contributed by atoms with van der Waals surface area (Å²) in [7, 11) is 3.42. The van der Waals surface area contributed by atoms with Crippen molar-refractivity contribution in [3.05, 3.63) is 0 Å². The molecule has 0 saturated heterocycles. The lowest BCUT2D eigenvalue weighted by Crippen LogP contribution is -2.34. The lowest BCUT2D eigenvalue weighted by molar-refractivity contribution is 0.0497. The largest absolute Gasteiger partial charge is 0.395 e. The van der Waals surface area contributed by atoms with Crippen LogP contribution >= 0.6 is 0 Å². The molecule has 0 spiro atoms. The molecule has 0 aliphatic rings. The Hall–Kier alpha value is -0.160. The summed E-state index contributed by atoms with van der Waals surface area (Å²) in [6, 6.07) is 0.0341. The summed E-state index contributed by atoms with van der Waals surface area (Å²) < 4.78 is 9.95. The maximum absolute atomic E-state index is 8.71. The van der Waals surface area contributed by atoms with Gasteiger partial charge in [-0.15, -0.1) is 0 Å². The summed E-state index contributed by atoms with van der Waals surface area (Å²) in [6.07, 6.45) is 0. The molecule has 0 heterocycles. The Balaban J connectivity index is 3.07. The minimum atomic E-state index is 0.0341. The number of aliphatic hydroxyl groups is 1. The molecule has 4 nitrogen and oxygen atoms in total. The lowest BCUT2D eigenvalue weighted by atomic mass is 10.3. The van der Waals surface area contributed by atoms with Crippen LogP contribution in [0.3, 0.4) is 0 Å². The molecule has 68 valence electrons. The molecule has 0 aliphatic carbocycles. The van der Waals surface area contributed by atoms with E-state index in [4.69, 9.17) is 14.6 Å². The average molecular weight is 163 g/mol. The maximum atomic E-state index is 8.71. The van der Waals surface area contributed by atoms with Gasteiger partial charge in [0, 0.05) is 7.11 Å². The third-order valence-corrected chi connectivity index (χ3v) is 1.38. The van der Waals surface area contributed by atoms with Crippen molar-refractivity contribution in [1.29, 1.82) is 0 Å². The van der Waals surface area contributed by atoms with Crippen LogP contribution in [0.1, 0.15) is 0 Å². The first-order valence-electron chi connectivity index (χ1n) is 3.70. The van der Waals surface area contributed by atoms with Crippen LogP contribution in [0.5, 0.6) is 0 Å². The van der Waals surface area contributed by atoms with Crippen LogP contribution in [0.2, 0.25) is 0 Å². The minimum absolute atomic E-state index is 0.0341. The van der Waals surface area contributed by atoms with Gasteiger partial charge in [0.05, 0.1) is 32.5 Å². The molecule has 0 amide bonds. The van der Waals surface area contributed by atoms with E-state index in [2.05, 4.69) is 5.32 Å². The predicted molar refractivity (Wildman–Crippen MR) is 42.6 cm³/mol. The Morgan fingerprint density at radius 3 is 2.64 bits per heavy atom. The Morgan fingerprint density at radius 2 is 2.18 bits per heavy atom. The summed E-state index contributed by atoms with van der Waals surface area (Å²) in [6.45, 7) is 1.80. The molecule has 0 radical (unpaired) electrons. The van der Waals surface area contributed by atoms with E-state index in [0.29, 0.717) is 19.8 Å². The van der Waals surface area contributed by atoms with Crippen molar-refractivity contribution >= 4 is 0 Å². The topological polar surface area (TPSA) is 50.7 Å². The molecule has 0 bridgehead atoms. The molecular formula is C7H17NO3. The van der Waals surface area contributed by atoms with Crippen LogP contribution in [-0.4, -0.2) is 51.7 Å². The zero-order chi connectivity index (χ0) is 8.53. The summed E-state index contributed by atoms with van der Waals surface area (Å²) >= 11 is 0. The van der Waals surface area contributed by atoms with Crippen molar-refractivity contribution in [2.45, 2.75) is 6.04 Å². The molecule has 11 heavy (non-hydrogen) atoms. The quantitative estimate of drug-likeness (QED) is 0.484. The molecule has 0 aromatic rings. The van der Waals surface area contributed by atoms with Crippen LogP contribution in [0.4, 0.5) is 0 Å². The van der Waals surface area contributed by atoms with Gasteiger partial charge >= 0.3 is 0 Å². The van der Waals surface area contributed by atoms with Gasteiger partial charge in [-0.05, 0) is 7.05 Å². The molecule has 4 heteroatoms. The SMILES string of the molecule is CNC(CO)COCCOC. The zero-order valence-corrected chi connectivity index (χ0v) is 7.17. The fourth-order valence-electron chi connectivity index (χ4n) is 0.595. The van der Waals surface area contributed by atoms with Gasteiger partial charge in [-0.2, -0.15) is 0 Å². The number of nitrogens with one attached hydrogen (secondary N) is 1. The zero-order valence-electron chi connectivity index (χ0n) is 7.17. The standard InChI is InChI=1S/C7H17NO3/c1-8-7(5-9)6-11-4-3-10-2/h7-9H,3-6H2,1-2H3. The first-order valence-corrected chi connectivity index (χ1v) is 3.70. The number of hydrogen-bond donors (Lipinski definition) is 2. The highest BCUT2D eigenvalue weighted by atomic mass is 16.5. The second-order valence-electron chi connectivity index (χ2n) is 2.24. The van der Waals surface area contributed by atoms with Crippen molar-refractivity contribution < 1.29 is 14.6 Å². The number of aliphatic hydroxyl groups excluding tert-OH is 1. The van der Waals surface area contributed by atoms with Crippen LogP contribution in [0, 0.1) is 0 Å². The van der Waals surface area contributed by atoms with Gasteiger partial charge in [0.1, 0.15) is 0 Å². The van der Waals surface area contributed by atoms with Gasteiger partial charge in [0.2, 0.25) is 0 Å². The number of methoxy groups -OCH3 is 1. The van der Waals surface area contributed by atoms with Crippen LogP contribution in [0.25, 0.3) is 0 Å². The Labute approximate surface area is 67.5 Å². The second-order valence-corrected chi connectivity index (χ2v) is 2.24. The molecule has 0 saturated carbocycles. The van der Waals surface area contributed by atoms with Crippen molar-refractivity contribution in [2.24, 2.45) is 0 Å². The van der Waals surface area contributed by atoms with E-state index in [1.165, 1.54) is 0 Å². The monoisotopic (exact) mass is 163 g/mol. The molecule has 0 fully saturated rings. The van der Waals surface area contributed by atoms with E-state index in [1.807, 2.05) is 0 Å². The number of ether oxygens (including phenoxy) is 2. The van der Waals surface area contributed by atoms with E-state index < -0.39 is 0 Å². The van der Waals surface area contributed by atoms with Crippen LogP contribution in [0.15, 0.2) is 0 Å². The molecule has 1 atom stereocenters. The van der Waals surface area contributed by atoms with E-state index >= 15 is 0 Å². The Kier molecular flexibility index (Phi) is 7.83. The molecule has 0 aromatic heterocycles. The van der Waals surface area contributed by atoms with Gasteiger partial charge in [-0.25, -0.2) is 0 Å². The molecule has 0 aliphatic heterocycles. The molecule has 0 rings (SSSR count). The van der Waals surface area contributed by atoms with Gasteiger partial charge in [0.15, 0.2) is 0 Å². The predicted octanol–water partition coefficient (Wildman–Crippen LogP) is -0.770. The van der Waals surface area contributed by atoms with Crippen LogP contribution in [-0.2, 0) is 9.47 Å². The van der Waals surface area contributed by atoms with Crippen LogP contribution < -0.4 is 5.32 Å². The minimum Gasteiger partial charge on any atom is -0.395 e. The fraction of sp³-hybridized carbons (Fsp3) is 1.00. The van der Waals surface area contributed by atoms with Gasteiger partial charge in [-0.1, -0.05) is 0 Å². The van der Waals surface area contributed by atoms with Crippen molar-refractivity contribution in [3.63, 3.8) is 0 Å². The van der Waals surface area contributed by atoms with E-state index in [9.17, 15) is 0 Å². The summed E-state index contributed by atoms with van der Waals surface area (Å²) in [5, 5.41) is 11.6. The molecule has 0 aromatic carbocycles. The van der Waals surface area contributed by atoms with Gasteiger partial charge < -0.3 is 19.9 Å². The van der Waals surface area contributed by atoms with E-state index in [0.717, 1.165) is 0 Å². The Bertz CT molecular complexity index is 76.1. The average Bonchev–Trinajstić information content (AvgIpc) is 2.05. The fourth-order valence-corrected chi connectivity index (χ4v) is 0.595. The summed E-state index contributed by atoms with van der Waals surface area (Å²) in [5.74, 6) is 0. The summed E-state index contributed by atoms with van der Waals surface area (Å²) in [4.78, 5) is 0. The normalized spacial score (nSPS) is 13.4. The first-order chi connectivity index (χ1) is 5.35.